The van der Waals surface area contributed by atoms with Gasteiger partial charge in [-0.2, -0.15) is 0 Å². The Labute approximate surface area is 110 Å². The van der Waals surface area contributed by atoms with Gasteiger partial charge in [0, 0.05) is 34.9 Å². The molecule has 0 spiro atoms. The van der Waals surface area contributed by atoms with Gasteiger partial charge >= 0.3 is 0 Å². The smallest absolute Gasteiger partial charge is 0.255 e. The van der Waals surface area contributed by atoms with E-state index in [9.17, 15) is 4.79 Å². The van der Waals surface area contributed by atoms with Crippen LogP contribution in [0.25, 0.3) is 11.1 Å². The number of hydrogen-bond acceptors (Lipinski definition) is 4. The molecule has 0 saturated carbocycles. The van der Waals surface area contributed by atoms with E-state index in [1.807, 2.05) is 31.4 Å². The molecule has 3 N–H and O–H groups in total. The van der Waals surface area contributed by atoms with Crippen molar-refractivity contribution in [2.24, 2.45) is 0 Å². The zero-order valence-corrected chi connectivity index (χ0v) is 11.1. The fourth-order valence-electron chi connectivity index (χ4n) is 1.68. The predicted octanol–water partition coefficient (Wildman–Crippen LogP) is 2.53. The summed E-state index contributed by atoms with van der Waals surface area (Å²) in [5.41, 5.74) is 8.17. The van der Waals surface area contributed by atoms with Gasteiger partial charge in [0.2, 0.25) is 0 Å². The number of amides is 1. The maximum atomic E-state index is 12.1. The van der Waals surface area contributed by atoms with Crippen LogP contribution in [0.1, 0.15) is 24.2 Å². The Balaban J connectivity index is 2.42. The second kappa shape index (κ2) is 5.18. The third kappa shape index (κ3) is 2.51. The van der Waals surface area contributed by atoms with Crippen molar-refractivity contribution >= 4 is 22.2 Å². The SMILES string of the molecule is CC(C)NC(=O)c1c(-c2cccnc2)csc1N. The van der Waals surface area contributed by atoms with Crippen LogP contribution >= 0.6 is 11.3 Å². The Bertz CT molecular complexity index is 549. The summed E-state index contributed by atoms with van der Waals surface area (Å²) in [7, 11) is 0. The van der Waals surface area contributed by atoms with E-state index >= 15 is 0 Å². The number of nitrogens with zero attached hydrogens (tertiary/aromatic N) is 1. The molecule has 0 aliphatic heterocycles. The molecule has 4 nitrogen and oxygen atoms in total. The number of nitrogen functional groups attached to an aromatic ring is 1. The molecule has 0 fully saturated rings. The van der Waals surface area contributed by atoms with Crippen LogP contribution in [-0.4, -0.2) is 16.9 Å². The third-order valence-electron chi connectivity index (χ3n) is 2.44. The molecule has 0 unspecified atom stereocenters. The zero-order chi connectivity index (χ0) is 13.1. The number of carbonyl (C=O) groups is 1. The quantitative estimate of drug-likeness (QED) is 0.892. The van der Waals surface area contributed by atoms with Crippen LogP contribution < -0.4 is 11.1 Å². The Morgan fingerprint density at radius 3 is 2.89 bits per heavy atom. The molecular formula is C13H15N3OS. The van der Waals surface area contributed by atoms with Crippen molar-refractivity contribution in [2.45, 2.75) is 19.9 Å². The second-order valence-corrected chi connectivity index (χ2v) is 5.17. The number of thiophene rings is 1. The normalized spacial score (nSPS) is 10.6. The average Bonchev–Trinajstić information content (AvgIpc) is 2.71. The van der Waals surface area contributed by atoms with Crippen LogP contribution in [0.3, 0.4) is 0 Å². The lowest BCUT2D eigenvalue weighted by molar-refractivity contribution is 0.0945. The van der Waals surface area contributed by atoms with E-state index in [2.05, 4.69) is 10.3 Å². The Morgan fingerprint density at radius 1 is 1.50 bits per heavy atom. The van der Waals surface area contributed by atoms with E-state index in [0.29, 0.717) is 10.6 Å². The monoisotopic (exact) mass is 261 g/mol. The standard InChI is InChI=1S/C13H15N3OS/c1-8(2)16-13(17)11-10(7-18-12(11)14)9-4-3-5-15-6-9/h3-8H,14H2,1-2H3,(H,16,17). The molecule has 1 amide bonds. The third-order valence-corrected chi connectivity index (χ3v) is 3.25. The highest BCUT2D eigenvalue weighted by molar-refractivity contribution is 7.15. The van der Waals surface area contributed by atoms with Crippen LogP contribution in [0.5, 0.6) is 0 Å². The number of nitrogens with one attached hydrogen (secondary N) is 1. The Hall–Kier alpha value is -1.88. The highest BCUT2D eigenvalue weighted by Crippen LogP contribution is 2.33. The van der Waals surface area contributed by atoms with Crippen molar-refractivity contribution in [1.82, 2.24) is 10.3 Å². The number of rotatable bonds is 3. The van der Waals surface area contributed by atoms with Crippen LogP contribution in [0.15, 0.2) is 29.9 Å². The highest BCUT2D eigenvalue weighted by Gasteiger charge is 2.19. The molecule has 94 valence electrons. The lowest BCUT2D eigenvalue weighted by Crippen LogP contribution is -2.30. The molecule has 0 radical (unpaired) electrons. The Kier molecular flexibility index (Phi) is 3.62. The van der Waals surface area contributed by atoms with Gasteiger partial charge in [0.1, 0.15) is 0 Å². The van der Waals surface area contributed by atoms with Crippen LogP contribution in [-0.2, 0) is 0 Å². The summed E-state index contributed by atoms with van der Waals surface area (Å²) < 4.78 is 0. The van der Waals surface area contributed by atoms with E-state index in [-0.39, 0.29) is 11.9 Å². The summed E-state index contributed by atoms with van der Waals surface area (Å²) in [4.78, 5) is 16.2. The van der Waals surface area contributed by atoms with Gasteiger partial charge in [-0.25, -0.2) is 0 Å². The lowest BCUT2D eigenvalue weighted by Gasteiger charge is -2.10. The van der Waals surface area contributed by atoms with Crippen LogP contribution in [0.4, 0.5) is 5.00 Å². The number of hydrogen-bond donors (Lipinski definition) is 2. The van der Waals surface area contributed by atoms with Gasteiger partial charge in [0.15, 0.2) is 0 Å². The summed E-state index contributed by atoms with van der Waals surface area (Å²) in [5, 5.41) is 5.29. The maximum absolute atomic E-state index is 12.1. The van der Waals surface area contributed by atoms with Crippen molar-refractivity contribution in [3.63, 3.8) is 0 Å². The van der Waals surface area contributed by atoms with Gasteiger partial charge < -0.3 is 11.1 Å². The minimum absolute atomic E-state index is 0.0820. The summed E-state index contributed by atoms with van der Waals surface area (Å²) in [5.74, 6) is -0.136. The van der Waals surface area contributed by atoms with Crippen molar-refractivity contribution in [1.29, 1.82) is 0 Å². The minimum Gasteiger partial charge on any atom is -0.390 e. The molecule has 2 aromatic heterocycles. The first-order valence-electron chi connectivity index (χ1n) is 5.68. The fraction of sp³-hybridized carbons (Fsp3) is 0.231. The van der Waals surface area contributed by atoms with Crippen molar-refractivity contribution in [2.75, 3.05) is 5.73 Å². The first kappa shape index (κ1) is 12.6. The van der Waals surface area contributed by atoms with Gasteiger partial charge in [-0.05, 0) is 19.9 Å². The fourth-order valence-corrected chi connectivity index (χ4v) is 2.50. The molecule has 2 heterocycles. The molecule has 18 heavy (non-hydrogen) atoms. The second-order valence-electron chi connectivity index (χ2n) is 4.26. The summed E-state index contributed by atoms with van der Waals surface area (Å²) >= 11 is 1.37. The maximum Gasteiger partial charge on any atom is 0.255 e. The van der Waals surface area contributed by atoms with E-state index < -0.39 is 0 Å². The molecule has 0 aliphatic rings. The molecular weight excluding hydrogens is 246 g/mol. The number of aromatic nitrogens is 1. The molecule has 2 aromatic rings. The largest absolute Gasteiger partial charge is 0.390 e. The van der Waals surface area contributed by atoms with E-state index in [1.54, 1.807) is 12.4 Å². The summed E-state index contributed by atoms with van der Waals surface area (Å²) in [6.45, 7) is 3.84. The van der Waals surface area contributed by atoms with Crippen LogP contribution in [0.2, 0.25) is 0 Å². The van der Waals surface area contributed by atoms with E-state index in [0.717, 1.165) is 11.1 Å². The van der Waals surface area contributed by atoms with Crippen molar-refractivity contribution in [3.05, 3.63) is 35.5 Å². The van der Waals surface area contributed by atoms with E-state index in [1.165, 1.54) is 11.3 Å². The lowest BCUT2D eigenvalue weighted by atomic mass is 10.1. The molecule has 0 aliphatic carbocycles. The topological polar surface area (TPSA) is 68.0 Å². The van der Waals surface area contributed by atoms with Gasteiger partial charge in [-0.3, -0.25) is 9.78 Å². The molecule has 2 rings (SSSR count). The number of pyridine rings is 1. The Morgan fingerprint density at radius 2 is 2.28 bits per heavy atom. The zero-order valence-electron chi connectivity index (χ0n) is 10.3. The van der Waals surface area contributed by atoms with Gasteiger partial charge in [0.05, 0.1) is 10.6 Å². The number of nitrogens with two attached hydrogens (primary N) is 1. The molecule has 0 saturated heterocycles. The van der Waals surface area contributed by atoms with Crippen molar-refractivity contribution < 1.29 is 4.79 Å². The first-order valence-corrected chi connectivity index (χ1v) is 6.55. The molecule has 0 bridgehead atoms. The predicted molar refractivity (Wildman–Crippen MR) is 74.6 cm³/mol. The number of anilines is 1. The molecule has 0 aromatic carbocycles. The minimum atomic E-state index is -0.136. The van der Waals surface area contributed by atoms with Crippen LogP contribution in [0, 0.1) is 0 Å². The van der Waals surface area contributed by atoms with Gasteiger partial charge in [-0.1, -0.05) is 6.07 Å². The molecule has 5 heteroatoms. The first-order chi connectivity index (χ1) is 8.59. The highest BCUT2D eigenvalue weighted by atomic mass is 32.1. The van der Waals surface area contributed by atoms with Gasteiger partial charge in [0.25, 0.3) is 5.91 Å². The summed E-state index contributed by atoms with van der Waals surface area (Å²) in [6.07, 6.45) is 3.43. The molecule has 0 atom stereocenters. The van der Waals surface area contributed by atoms with E-state index in [4.69, 9.17) is 5.73 Å². The average molecular weight is 261 g/mol. The number of carbonyl (C=O) groups excluding carboxylic acids is 1. The van der Waals surface area contributed by atoms with Crippen molar-refractivity contribution in [3.8, 4) is 11.1 Å². The summed E-state index contributed by atoms with van der Waals surface area (Å²) in [6, 6.07) is 3.84. The van der Waals surface area contributed by atoms with Gasteiger partial charge in [-0.15, -0.1) is 11.3 Å².